The zero-order valence-electron chi connectivity index (χ0n) is 19.8. The first-order chi connectivity index (χ1) is 15.6. The average molecular weight is 462 g/mol. The largest absolute Gasteiger partial charge is 0.493 e. The highest BCUT2D eigenvalue weighted by Gasteiger charge is 2.45. The number of halogens is 1. The van der Waals surface area contributed by atoms with Crippen molar-refractivity contribution in [2.24, 2.45) is 23.2 Å². The topological polar surface area (TPSA) is 95.9 Å². The Hall–Kier alpha value is -2.15. The van der Waals surface area contributed by atoms with Crippen molar-refractivity contribution in [3.05, 3.63) is 29.1 Å². The molecular weight excluding hydrogens is 425 g/mol. The Morgan fingerprint density at radius 2 is 1.82 bits per heavy atom. The van der Waals surface area contributed by atoms with Crippen LogP contribution in [-0.4, -0.2) is 40.8 Å². The fourth-order valence-electron chi connectivity index (χ4n) is 6.51. The number of carboxylic acid groups (broad SMARTS) is 1. The fourth-order valence-corrected chi connectivity index (χ4v) is 6.51. The molecule has 6 nitrogen and oxygen atoms in total. The highest BCUT2D eigenvalue weighted by Crippen LogP contribution is 2.53. The number of carbonyl (C=O) groups is 2. The number of fused-ring (bicyclic) bond motifs is 2. The summed E-state index contributed by atoms with van der Waals surface area (Å²) in [5, 5.41) is 21.1. The zero-order chi connectivity index (χ0) is 23.9. The highest BCUT2D eigenvalue weighted by molar-refractivity contribution is 5.97. The van der Waals surface area contributed by atoms with Crippen molar-refractivity contribution in [2.75, 3.05) is 6.61 Å². The summed E-state index contributed by atoms with van der Waals surface area (Å²) in [5.41, 5.74) is 0.720. The molecule has 0 heterocycles. The molecular formula is C26H36FNO5. The van der Waals surface area contributed by atoms with Crippen LogP contribution in [0.2, 0.25) is 0 Å². The first-order valence-electron chi connectivity index (χ1n) is 12.2. The van der Waals surface area contributed by atoms with Crippen molar-refractivity contribution >= 4 is 11.9 Å². The summed E-state index contributed by atoms with van der Waals surface area (Å²) in [5.74, 6) is -0.170. The van der Waals surface area contributed by atoms with Crippen molar-refractivity contribution in [3.8, 4) is 5.75 Å². The molecule has 0 saturated heterocycles. The first-order valence-corrected chi connectivity index (χ1v) is 12.2. The molecule has 1 aromatic carbocycles. The van der Waals surface area contributed by atoms with E-state index in [1.807, 2.05) is 0 Å². The van der Waals surface area contributed by atoms with E-state index in [1.165, 1.54) is 38.3 Å². The van der Waals surface area contributed by atoms with Crippen molar-refractivity contribution in [3.63, 3.8) is 0 Å². The summed E-state index contributed by atoms with van der Waals surface area (Å²) in [7, 11) is 0. The minimum absolute atomic E-state index is 0.124. The van der Waals surface area contributed by atoms with Gasteiger partial charge in [-0.15, -0.1) is 0 Å². The number of rotatable bonds is 8. The van der Waals surface area contributed by atoms with Crippen LogP contribution >= 0.6 is 0 Å². The van der Waals surface area contributed by atoms with Crippen molar-refractivity contribution in [1.29, 1.82) is 0 Å². The van der Waals surface area contributed by atoms with Gasteiger partial charge in [-0.05, 0) is 87.2 Å². The third-order valence-corrected chi connectivity index (χ3v) is 7.69. The van der Waals surface area contributed by atoms with E-state index in [2.05, 4.69) is 19.2 Å². The Morgan fingerprint density at radius 1 is 1.18 bits per heavy atom. The van der Waals surface area contributed by atoms with E-state index < -0.39 is 29.8 Å². The monoisotopic (exact) mass is 461 g/mol. The number of carboxylic acids is 1. The standard InChI is InChI=1S/C26H36FNO5/c1-14-6-17-7-15(2)11-26(10-14,12-17)13-33-22-9-21(27)20(8-19(22)18-4-5-18)24(30)28-23(16(3)29)25(31)32/h8-9,14-18,23,29H,4-7,10-13H2,1-3H3,(H,28,30)(H,31,32)/t14?,15?,16-,17?,23+,26?/m1/s1. The van der Waals surface area contributed by atoms with Gasteiger partial charge in [0.15, 0.2) is 6.04 Å². The van der Waals surface area contributed by atoms with Crippen molar-refractivity contribution in [1.82, 2.24) is 5.32 Å². The van der Waals surface area contributed by atoms with Gasteiger partial charge in [-0.2, -0.15) is 0 Å². The Balaban J connectivity index is 1.54. The van der Waals surface area contributed by atoms with Gasteiger partial charge in [0.05, 0.1) is 18.3 Å². The van der Waals surface area contributed by atoms with E-state index in [9.17, 15) is 19.8 Å². The molecule has 0 aliphatic heterocycles. The molecule has 33 heavy (non-hydrogen) atoms. The van der Waals surface area contributed by atoms with E-state index >= 15 is 4.39 Å². The molecule has 3 fully saturated rings. The lowest BCUT2D eigenvalue weighted by Crippen LogP contribution is -2.47. The summed E-state index contributed by atoms with van der Waals surface area (Å²) in [6.45, 7) is 6.46. The SMILES string of the molecule is CC1CC2CC(C)CC(COc3cc(F)c(C(=O)N[C@H](C(=O)O)[C@@H](C)O)cc3C3CC3)(C1)C2. The van der Waals surface area contributed by atoms with Crippen molar-refractivity contribution < 1.29 is 28.9 Å². The van der Waals surface area contributed by atoms with Crippen LogP contribution in [0.15, 0.2) is 12.1 Å². The Morgan fingerprint density at radius 3 is 2.36 bits per heavy atom. The van der Waals surface area contributed by atoms with Gasteiger partial charge in [0, 0.05) is 11.5 Å². The molecule has 1 aromatic rings. The summed E-state index contributed by atoms with van der Waals surface area (Å²) in [6, 6.07) is 1.28. The molecule has 182 valence electrons. The van der Waals surface area contributed by atoms with Crippen LogP contribution in [0.5, 0.6) is 5.75 Å². The lowest BCUT2D eigenvalue weighted by molar-refractivity contribution is -0.141. The van der Waals surface area contributed by atoms with Crippen LogP contribution in [0.3, 0.4) is 0 Å². The predicted octanol–water partition coefficient (Wildman–Crippen LogP) is 4.50. The van der Waals surface area contributed by atoms with Gasteiger partial charge in [-0.3, -0.25) is 4.79 Å². The summed E-state index contributed by atoms with van der Waals surface area (Å²) < 4.78 is 21.3. The van der Waals surface area contributed by atoms with E-state index in [-0.39, 0.29) is 16.9 Å². The van der Waals surface area contributed by atoms with Crippen LogP contribution in [0.1, 0.15) is 87.6 Å². The van der Waals surface area contributed by atoms with Crippen LogP contribution in [0.4, 0.5) is 4.39 Å². The van der Waals surface area contributed by atoms with Gasteiger partial charge in [-0.25, -0.2) is 9.18 Å². The smallest absolute Gasteiger partial charge is 0.328 e. The Bertz CT molecular complexity index is 893. The highest BCUT2D eigenvalue weighted by atomic mass is 19.1. The zero-order valence-corrected chi connectivity index (χ0v) is 19.8. The second-order valence-corrected chi connectivity index (χ2v) is 11.1. The summed E-state index contributed by atoms with van der Waals surface area (Å²) in [4.78, 5) is 24.0. The second-order valence-electron chi connectivity index (χ2n) is 11.1. The fraction of sp³-hybridized carbons (Fsp3) is 0.692. The first kappa shape index (κ1) is 24.0. The predicted molar refractivity (Wildman–Crippen MR) is 122 cm³/mol. The van der Waals surface area contributed by atoms with Crippen LogP contribution < -0.4 is 10.1 Å². The van der Waals surface area contributed by atoms with E-state index in [0.29, 0.717) is 24.2 Å². The van der Waals surface area contributed by atoms with E-state index in [0.717, 1.165) is 37.2 Å². The molecule has 2 unspecified atom stereocenters. The van der Waals surface area contributed by atoms with Crippen LogP contribution in [0, 0.1) is 29.0 Å². The van der Waals surface area contributed by atoms with Gasteiger partial charge in [0.1, 0.15) is 11.6 Å². The van der Waals surface area contributed by atoms with Gasteiger partial charge in [0.25, 0.3) is 5.91 Å². The van der Waals surface area contributed by atoms with Crippen molar-refractivity contribution in [2.45, 2.75) is 83.8 Å². The minimum Gasteiger partial charge on any atom is -0.493 e. The maximum atomic E-state index is 15.0. The molecule has 3 saturated carbocycles. The molecule has 0 radical (unpaired) electrons. The Labute approximate surface area is 194 Å². The number of aliphatic carboxylic acids is 1. The molecule has 0 aromatic heterocycles. The summed E-state index contributed by atoms with van der Waals surface area (Å²) in [6.07, 6.45) is 6.59. The number of aliphatic hydroxyl groups is 1. The van der Waals surface area contributed by atoms with Gasteiger partial charge in [0.2, 0.25) is 0 Å². The molecule has 1 amide bonds. The Kier molecular flexibility index (Phi) is 6.72. The number of aliphatic hydroxyl groups excluding tert-OH is 1. The van der Waals surface area contributed by atoms with E-state index in [1.54, 1.807) is 0 Å². The molecule has 3 aliphatic carbocycles. The lowest BCUT2D eigenvalue weighted by Gasteiger charge is -2.49. The quantitative estimate of drug-likeness (QED) is 0.530. The van der Waals surface area contributed by atoms with Crippen LogP contribution in [-0.2, 0) is 4.79 Å². The minimum atomic E-state index is -1.51. The second kappa shape index (κ2) is 9.24. The maximum Gasteiger partial charge on any atom is 0.328 e. The summed E-state index contributed by atoms with van der Waals surface area (Å²) >= 11 is 0. The molecule has 7 heteroatoms. The number of hydrogen-bond donors (Lipinski definition) is 3. The molecule has 4 atom stereocenters. The van der Waals surface area contributed by atoms with Gasteiger partial charge >= 0.3 is 5.97 Å². The number of benzene rings is 1. The number of hydrogen-bond acceptors (Lipinski definition) is 4. The number of nitrogens with one attached hydrogen (secondary N) is 1. The number of amides is 1. The van der Waals surface area contributed by atoms with Crippen LogP contribution in [0.25, 0.3) is 0 Å². The molecule has 3 N–H and O–H groups in total. The lowest BCUT2D eigenvalue weighted by atomic mass is 9.57. The normalized spacial score (nSPS) is 30.9. The van der Waals surface area contributed by atoms with E-state index in [4.69, 9.17) is 4.74 Å². The third kappa shape index (κ3) is 5.34. The third-order valence-electron chi connectivity index (χ3n) is 7.69. The maximum absolute atomic E-state index is 15.0. The molecule has 4 rings (SSSR count). The van der Waals surface area contributed by atoms with Gasteiger partial charge < -0.3 is 20.3 Å². The number of ether oxygens (including phenoxy) is 1. The molecule has 0 spiro atoms. The molecule has 2 bridgehead atoms. The number of carbonyl (C=O) groups excluding carboxylic acids is 1. The average Bonchev–Trinajstić information content (AvgIpc) is 3.54. The molecule has 3 aliphatic rings. The van der Waals surface area contributed by atoms with Gasteiger partial charge in [-0.1, -0.05) is 13.8 Å².